The second-order valence-corrected chi connectivity index (χ2v) is 4.88. The van der Waals surface area contributed by atoms with E-state index in [0.29, 0.717) is 13.1 Å². The minimum absolute atomic E-state index is 0.0770. The van der Waals surface area contributed by atoms with Crippen LogP contribution >= 0.6 is 11.6 Å². The van der Waals surface area contributed by atoms with Crippen LogP contribution in [0.2, 0.25) is 5.28 Å². The number of morpholine rings is 1. The topological polar surface area (TPSA) is 38.2 Å². The summed E-state index contributed by atoms with van der Waals surface area (Å²) >= 11 is 5.57. The van der Waals surface area contributed by atoms with Gasteiger partial charge in [-0.1, -0.05) is 0 Å². The lowest BCUT2D eigenvalue weighted by atomic mass is 10.2. The fraction of sp³-hybridized carbons (Fsp3) is 0.636. The van der Waals surface area contributed by atoms with E-state index in [1.807, 2.05) is 13.8 Å². The molecule has 2 atom stereocenters. The molecule has 1 aliphatic heterocycles. The lowest BCUT2D eigenvalue weighted by molar-refractivity contribution is -0.141. The van der Waals surface area contributed by atoms with E-state index in [4.69, 9.17) is 16.3 Å². The number of halogens is 4. The highest BCUT2D eigenvalue weighted by Gasteiger charge is 2.34. The van der Waals surface area contributed by atoms with E-state index in [2.05, 4.69) is 9.97 Å². The molecular formula is C11H13ClF3N3O. The molecule has 0 bridgehead atoms. The number of aromatic nitrogens is 2. The molecule has 0 aromatic carbocycles. The molecule has 106 valence electrons. The first-order chi connectivity index (χ1) is 8.75. The molecule has 8 heteroatoms. The second-order valence-electron chi connectivity index (χ2n) is 4.54. The number of nitrogens with zero attached hydrogens (tertiary/aromatic N) is 3. The van der Waals surface area contributed by atoms with Crippen LogP contribution in [0.5, 0.6) is 0 Å². The summed E-state index contributed by atoms with van der Waals surface area (Å²) < 4.78 is 43.6. The lowest BCUT2D eigenvalue weighted by Crippen LogP contribution is -2.46. The summed E-state index contributed by atoms with van der Waals surface area (Å²) in [5.41, 5.74) is -1.03. The Bertz CT molecular complexity index is 459. The number of hydrogen-bond acceptors (Lipinski definition) is 4. The van der Waals surface area contributed by atoms with E-state index in [1.165, 1.54) is 0 Å². The van der Waals surface area contributed by atoms with Gasteiger partial charge in [-0.25, -0.2) is 9.97 Å². The quantitative estimate of drug-likeness (QED) is 0.747. The molecule has 2 rings (SSSR count). The number of alkyl halides is 3. The van der Waals surface area contributed by atoms with Crippen LogP contribution in [0.15, 0.2) is 6.07 Å². The van der Waals surface area contributed by atoms with Crippen molar-refractivity contribution in [2.45, 2.75) is 32.2 Å². The fourth-order valence-electron chi connectivity index (χ4n) is 2.08. The average molecular weight is 296 g/mol. The van der Waals surface area contributed by atoms with Crippen LogP contribution < -0.4 is 4.90 Å². The van der Waals surface area contributed by atoms with Gasteiger partial charge in [0, 0.05) is 19.2 Å². The van der Waals surface area contributed by atoms with E-state index < -0.39 is 17.2 Å². The van der Waals surface area contributed by atoms with Gasteiger partial charge in [-0.2, -0.15) is 13.2 Å². The van der Waals surface area contributed by atoms with Gasteiger partial charge in [-0.15, -0.1) is 0 Å². The van der Waals surface area contributed by atoms with Crippen LogP contribution in [0.1, 0.15) is 19.5 Å². The van der Waals surface area contributed by atoms with Crippen LogP contribution in [0.4, 0.5) is 19.0 Å². The molecule has 1 fully saturated rings. The first-order valence-corrected chi connectivity index (χ1v) is 6.15. The number of hydrogen-bond donors (Lipinski definition) is 0. The molecule has 0 N–H and O–H groups in total. The van der Waals surface area contributed by atoms with E-state index >= 15 is 0 Å². The first-order valence-electron chi connectivity index (χ1n) is 5.78. The average Bonchev–Trinajstić information content (AvgIpc) is 2.25. The van der Waals surface area contributed by atoms with Crippen LogP contribution in [-0.4, -0.2) is 35.3 Å². The van der Waals surface area contributed by atoms with Crippen molar-refractivity contribution >= 4 is 17.4 Å². The largest absolute Gasteiger partial charge is 0.433 e. The Labute approximate surface area is 113 Å². The van der Waals surface area contributed by atoms with Crippen molar-refractivity contribution < 1.29 is 17.9 Å². The Hall–Kier alpha value is -1.08. The van der Waals surface area contributed by atoms with E-state index in [1.54, 1.807) is 4.90 Å². The maximum absolute atomic E-state index is 12.7. The Morgan fingerprint density at radius 2 is 1.84 bits per heavy atom. The molecule has 0 spiro atoms. The predicted octanol–water partition coefficient (Wildman–Crippen LogP) is 2.76. The molecule has 0 saturated carbocycles. The summed E-state index contributed by atoms with van der Waals surface area (Å²) in [6.45, 7) is 4.65. The van der Waals surface area contributed by atoms with Crippen LogP contribution in [0, 0.1) is 0 Å². The van der Waals surface area contributed by atoms with Crippen molar-refractivity contribution in [2.24, 2.45) is 0 Å². The van der Waals surface area contributed by atoms with Crippen molar-refractivity contribution in [2.75, 3.05) is 18.0 Å². The Morgan fingerprint density at radius 3 is 2.37 bits per heavy atom. The molecule has 2 heterocycles. The van der Waals surface area contributed by atoms with E-state index in [0.717, 1.165) is 6.07 Å². The van der Waals surface area contributed by atoms with E-state index in [9.17, 15) is 13.2 Å². The predicted molar refractivity (Wildman–Crippen MR) is 64.3 cm³/mol. The van der Waals surface area contributed by atoms with Gasteiger partial charge in [0.2, 0.25) is 5.28 Å². The van der Waals surface area contributed by atoms with E-state index in [-0.39, 0.29) is 18.0 Å². The third-order valence-corrected chi connectivity index (χ3v) is 2.89. The summed E-state index contributed by atoms with van der Waals surface area (Å²) in [5, 5.41) is -0.406. The smallest absolute Gasteiger partial charge is 0.372 e. The Morgan fingerprint density at radius 1 is 1.26 bits per heavy atom. The van der Waals surface area contributed by atoms with Crippen molar-refractivity contribution in [3.63, 3.8) is 0 Å². The maximum Gasteiger partial charge on any atom is 0.433 e. The van der Waals surface area contributed by atoms with Crippen molar-refractivity contribution in [1.82, 2.24) is 9.97 Å². The standard InChI is InChI=1S/C11H13ClF3N3O/c1-6-4-18(5-7(2)19-6)9-3-8(11(13,14)15)16-10(12)17-9/h3,6-7H,4-5H2,1-2H3/t6-,7+. The summed E-state index contributed by atoms with van der Waals surface area (Å²) in [7, 11) is 0. The van der Waals surface area contributed by atoms with Crippen LogP contribution in [0.25, 0.3) is 0 Å². The summed E-state index contributed by atoms with van der Waals surface area (Å²) in [4.78, 5) is 8.80. The number of ether oxygens (including phenoxy) is 1. The number of anilines is 1. The monoisotopic (exact) mass is 295 g/mol. The highest BCUT2D eigenvalue weighted by atomic mass is 35.5. The molecular weight excluding hydrogens is 283 g/mol. The van der Waals surface area contributed by atoms with Crippen LogP contribution in [-0.2, 0) is 10.9 Å². The summed E-state index contributed by atoms with van der Waals surface area (Å²) in [5.74, 6) is 0.175. The van der Waals surface area contributed by atoms with Crippen molar-refractivity contribution in [3.8, 4) is 0 Å². The van der Waals surface area contributed by atoms with Crippen molar-refractivity contribution in [3.05, 3.63) is 17.0 Å². The lowest BCUT2D eigenvalue weighted by Gasteiger charge is -2.36. The first kappa shape index (κ1) is 14.3. The van der Waals surface area contributed by atoms with Gasteiger partial charge in [-0.05, 0) is 25.4 Å². The van der Waals surface area contributed by atoms with Crippen molar-refractivity contribution in [1.29, 1.82) is 0 Å². The highest BCUT2D eigenvalue weighted by molar-refractivity contribution is 6.28. The molecule has 4 nitrogen and oxygen atoms in total. The third kappa shape index (κ3) is 3.48. The zero-order valence-electron chi connectivity index (χ0n) is 10.4. The summed E-state index contributed by atoms with van der Waals surface area (Å²) in [6, 6.07) is 0.913. The van der Waals surface area contributed by atoms with Gasteiger partial charge in [0.1, 0.15) is 5.82 Å². The Kier molecular flexibility index (Phi) is 3.87. The van der Waals surface area contributed by atoms with Gasteiger partial charge in [0.05, 0.1) is 12.2 Å². The molecule has 19 heavy (non-hydrogen) atoms. The van der Waals surface area contributed by atoms with Gasteiger partial charge in [-0.3, -0.25) is 0 Å². The normalized spacial score (nSPS) is 24.6. The zero-order chi connectivity index (χ0) is 14.2. The highest BCUT2D eigenvalue weighted by Crippen LogP contribution is 2.31. The third-order valence-electron chi connectivity index (χ3n) is 2.72. The molecule has 1 aromatic heterocycles. The molecule has 1 aliphatic rings. The SMILES string of the molecule is C[C@@H]1CN(c2cc(C(F)(F)F)nc(Cl)n2)C[C@H](C)O1. The van der Waals surface area contributed by atoms with Gasteiger partial charge in [0.25, 0.3) is 0 Å². The van der Waals surface area contributed by atoms with Gasteiger partial charge in [0.15, 0.2) is 5.69 Å². The zero-order valence-corrected chi connectivity index (χ0v) is 11.2. The fourth-order valence-corrected chi connectivity index (χ4v) is 2.26. The van der Waals surface area contributed by atoms with Gasteiger partial charge < -0.3 is 9.64 Å². The summed E-state index contributed by atoms with van der Waals surface area (Å²) in [6.07, 6.45) is -4.69. The molecule has 0 aliphatic carbocycles. The molecule has 1 aromatic rings. The molecule has 1 saturated heterocycles. The maximum atomic E-state index is 12.7. The Balaban J connectivity index is 2.31. The van der Waals surface area contributed by atoms with Crippen LogP contribution in [0.3, 0.4) is 0 Å². The minimum atomic E-state index is -4.54. The minimum Gasteiger partial charge on any atom is -0.372 e. The molecule has 0 radical (unpaired) electrons. The second kappa shape index (κ2) is 5.13. The molecule has 0 unspecified atom stereocenters. The van der Waals surface area contributed by atoms with Gasteiger partial charge >= 0.3 is 6.18 Å². The molecule has 0 amide bonds. The number of rotatable bonds is 1.